The Balaban J connectivity index is 4.54. The van der Waals surface area contributed by atoms with Crippen molar-refractivity contribution in [1.29, 1.82) is 0 Å². The molecule has 0 aliphatic rings. The van der Waals surface area contributed by atoms with E-state index in [1.807, 2.05) is 0 Å². The van der Waals surface area contributed by atoms with E-state index in [0.717, 1.165) is 116 Å². The van der Waals surface area contributed by atoms with E-state index >= 15 is 0 Å². The van der Waals surface area contributed by atoms with Crippen LogP contribution >= 0.6 is 0 Å². The molecule has 0 aliphatic carbocycles. The summed E-state index contributed by atoms with van der Waals surface area (Å²) in [6.07, 6.45) is 77.5. The number of unbranched alkanes of at least 4 members (excludes halogenated alkanes) is 18. The fraction of sp³-hybridized carbons (Fsp3) is 0.635. The van der Waals surface area contributed by atoms with Crippen molar-refractivity contribution in [1.82, 2.24) is 0 Å². The van der Waals surface area contributed by atoms with Crippen molar-refractivity contribution in [2.45, 2.75) is 245 Å². The molecule has 0 unspecified atom stereocenters. The first kappa shape index (κ1) is 64.8. The normalized spacial score (nSPS) is 13.0. The molecule has 0 rings (SSSR count). The molecule has 0 heterocycles. The summed E-state index contributed by atoms with van der Waals surface area (Å²) in [7, 11) is 0. The summed E-state index contributed by atoms with van der Waals surface area (Å²) in [5.74, 6) is -0.994. The third kappa shape index (κ3) is 54.6. The van der Waals surface area contributed by atoms with Gasteiger partial charge in [-0.05, 0) is 135 Å². The van der Waals surface area contributed by atoms with Crippen molar-refractivity contribution in [3.63, 3.8) is 0 Å². The van der Waals surface area contributed by atoms with E-state index < -0.39 is 6.10 Å². The number of carbonyl (C=O) groups excluding carboxylic acids is 3. The molecular weight excluding hydrogens is 853 g/mol. The Morgan fingerprint density at radius 1 is 0.304 bits per heavy atom. The van der Waals surface area contributed by atoms with Gasteiger partial charge < -0.3 is 14.2 Å². The van der Waals surface area contributed by atoms with Gasteiger partial charge in [-0.3, -0.25) is 14.4 Å². The largest absolute Gasteiger partial charge is 0.462 e. The number of hydrogen-bond donors (Lipinski definition) is 0. The molecule has 1 atom stereocenters. The van der Waals surface area contributed by atoms with E-state index in [1.165, 1.54) is 77.0 Å². The Labute approximate surface area is 424 Å². The second kappa shape index (κ2) is 56.4. The summed E-state index contributed by atoms with van der Waals surface area (Å²) in [5.41, 5.74) is 0. The molecule has 0 aromatic rings. The van der Waals surface area contributed by atoms with Crippen LogP contribution in [0.5, 0.6) is 0 Å². The van der Waals surface area contributed by atoms with Gasteiger partial charge in [-0.15, -0.1) is 0 Å². The van der Waals surface area contributed by atoms with E-state index in [1.54, 1.807) is 0 Å². The van der Waals surface area contributed by atoms with Crippen LogP contribution in [0.25, 0.3) is 0 Å². The van der Waals surface area contributed by atoms with E-state index in [4.69, 9.17) is 14.2 Å². The SMILES string of the molecule is CC/C=C\C/C=C\C/C=C\C/C=C\C/C=C\CCCCCC(=O)O[C@@H](COC(=O)CCCC/C=C\C/C=C\C/C=C\CCCCC)COC(=O)CCCCCCCCC/C=C\C/C=C\CCCCC. The first-order valence-corrected chi connectivity index (χ1v) is 28.0. The van der Waals surface area contributed by atoms with Crippen molar-refractivity contribution in [3.05, 3.63) is 122 Å². The number of carbonyl (C=O) groups is 3. The van der Waals surface area contributed by atoms with E-state index in [2.05, 4.69) is 142 Å². The lowest BCUT2D eigenvalue weighted by Crippen LogP contribution is -2.30. The lowest BCUT2D eigenvalue weighted by molar-refractivity contribution is -0.167. The maximum Gasteiger partial charge on any atom is 0.306 e. The number of allylic oxidation sites excluding steroid dienone is 20. The zero-order valence-corrected chi connectivity index (χ0v) is 44.5. The van der Waals surface area contributed by atoms with Gasteiger partial charge in [0.15, 0.2) is 6.10 Å². The highest BCUT2D eigenvalue weighted by atomic mass is 16.6. The zero-order valence-electron chi connectivity index (χ0n) is 44.5. The first-order chi connectivity index (χ1) is 34.0. The summed E-state index contributed by atoms with van der Waals surface area (Å²) < 4.78 is 16.8. The molecule has 6 heteroatoms. The van der Waals surface area contributed by atoms with Crippen LogP contribution in [0.3, 0.4) is 0 Å². The molecule has 0 aromatic heterocycles. The molecule has 390 valence electrons. The highest BCUT2D eigenvalue weighted by Gasteiger charge is 2.19. The molecule has 0 aromatic carbocycles. The van der Waals surface area contributed by atoms with Gasteiger partial charge in [-0.2, -0.15) is 0 Å². The molecule has 0 N–H and O–H groups in total. The monoisotopic (exact) mass is 955 g/mol. The van der Waals surface area contributed by atoms with Crippen molar-refractivity contribution in [2.75, 3.05) is 13.2 Å². The minimum atomic E-state index is -0.818. The third-order valence-electron chi connectivity index (χ3n) is 11.4. The lowest BCUT2D eigenvalue weighted by atomic mass is 10.1. The van der Waals surface area contributed by atoms with E-state index in [0.29, 0.717) is 19.3 Å². The van der Waals surface area contributed by atoms with E-state index in [9.17, 15) is 14.4 Å². The van der Waals surface area contributed by atoms with Gasteiger partial charge in [0.05, 0.1) is 0 Å². The van der Waals surface area contributed by atoms with Gasteiger partial charge in [0.25, 0.3) is 0 Å². The van der Waals surface area contributed by atoms with E-state index in [-0.39, 0.29) is 37.5 Å². The summed E-state index contributed by atoms with van der Waals surface area (Å²) in [6.45, 7) is 6.40. The highest BCUT2D eigenvalue weighted by molar-refractivity contribution is 5.71. The quantitative estimate of drug-likeness (QED) is 0.0262. The third-order valence-corrected chi connectivity index (χ3v) is 11.4. The fourth-order valence-corrected chi connectivity index (χ4v) is 7.21. The Hall–Kier alpha value is -4.19. The predicted molar refractivity (Wildman–Crippen MR) is 297 cm³/mol. The van der Waals surface area contributed by atoms with Crippen molar-refractivity contribution in [2.24, 2.45) is 0 Å². The van der Waals surface area contributed by atoms with Gasteiger partial charge in [-0.25, -0.2) is 0 Å². The molecule has 6 nitrogen and oxygen atoms in total. The summed E-state index contributed by atoms with van der Waals surface area (Å²) in [5, 5.41) is 0. The fourth-order valence-electron chi connectivity index (χ4n) is 7.21. The number of esters is 3. The van der Waals surface area contributed by atoms with Crippen LogP contribution < -0.4 is 0 Å². The molecule has 0 radical (unpaired) electrons. The standard InChI is InChI=1S/C63H102O6/c1-4-7-10-13-16-19-22-25-28-30-31-33-36-39-42-45-48-51-54-57-63(66)69-60(58-67-61(64)55-52-49-46-43-40-37-34-27-24-21-18-15-12-9-6-3)59-68-62(65)56-53-50-47-44-41-38-35-32-29-26-23-20-17-14-11-8-5-2/h7,10,16-21,25-29,31,33-34,39-40,42-43,60H,4-6,8-9,11-15,22-24,30,32,35-38,41,44-59H2,1-3H3/b10-7-,19-16-,20-17-,21-18-,28-25-,29-26-,33-31-,34-27-,42-39-,43-40-/t60-/m0/s1. The second-order valence-corrected chi connectivity index (χ2v) is 18.1. The summed E-state index contributed by atoms with van der Waals surface area (Å²) in [6, 6.07) is 0. The van der Waals surface area contributed by atoms with Crippen LogP contribution in [0.15, 0.2) is 122 Å². The molecule has 0 spiro atoms. The Bertz CT molecular complexity index is 1470. The van der Waals surface area contributed by atoms with Crippen molar-refractivity contribution in [3.8, 4) is 0 Å². The highest BCUT2D eigenvalue weighted by Crippen LogP contribution is 2.13. The van der Waals surface area contributed by atoms with Crippen LogP contribution in [0.4, 0.5) is 0 Å². The molecule has 0 aliphatic heterocycles. The molecule has 0 saturated carbocycles. The second-order valence-electron chi connectivity index (χ2n) is 18.1. The van der Waals surface area contributed by atoms with Crippen molar-refractivity contribution < 1.29 is 28.6 Å². The summed E-state index contributed by atoms with van der Waals surface area (Å²) >= 11 is 0. The number of ether oxygens (including phenoxy) is 3. The molecule has 0 saturated heterocycles. The van der Waals surface area contributed by atoms with Gasteiger partial charge in [0.2, 0.25) is 0 Å². The molecule has 0 amide bonds. The number of rotatable bonds is 49. The average molecular weight is 956 g/mol. The maximum absolute atomic E-state index is 12.8. The van der Waals surface area contributed by atoms with Crippen LogP contribution in [-0.2, 0) is 28.6 Å². The minimum Gasteiger partial charge on any atom is -0.462 e. The Kier molecular flexibility index (Phi) is 53.0. The maximum atomic E-state index is 12.8. The topological polar surface area (TPSA) is 78.9 Å². The van der Waals surface area contributed by atoms with Crippen LogP contribution in [0.2, 0.25) is 0 Å². The van der Waals surface area contributed by atoms with Crippen LogP contribution in [-0.4, -0.2) is 37.2 Å². The number of hydrogen-bond acceptors (Lipinski definition) is 6. The molecule has 0 fully saturated rings. The van der Waals surface area contributed by atoms with Gasteiger partial charge in [0, 0.05) is 19.3 Å². The molecule has 69 heavy (non-hydrogen) atoms. The first-order valence-electron chi connectivity index (χ1n) is 28.0. The van der Waals surface area contributed by atoms with Crippen molar-refractivity contribution >= 4 is 17.9 Å². The molecular formula is C63H102O6. The van der Waals surface area contributed by atoms with Crippen LogP contribution in [0.1, 0.15) is 239 Å². The Morgan fingerprint density at radius 2 is 0.565 bits per heavy atom. The van der Waals surface area contributed by atoms with Gasteiger partial charge in [0.1, 0.15) is 13.2 Å². The van der Waals surface area contributed by atoms with Gasteiger partial charge >= 0.3 is 17.9 Å². The average Bonchev–Trinajstić information content (AvgIpc) is 3.35. The Morgan fingerprint density at radius 3 is 0.928 bits per heavy atom. The van der Waals surface area contributed by atoms with Gasteiger partial charge in [-0.1, -0.05) is 206 Å². The lowest BCUT2D eigenvalue weighted by Gasteiger charge is -2.18. The predicted octanol–water partition coefficient (Wildman–Crippen LogP) is 18.9. The minimum absolute atomic E-state index is 0.111. The smallest absolute Gasteiger partial charge is 0.306 e. The van der Waals surface area contributed by atoms with Crippen LogP contribution in [0, 0.1) is 0 Å². The molecule has 0 bridgehead atoms. The summed E-state index contributed by atoms with van der Waals surface area (Å²) in [4.78, 5) is 38.1. The zero-order chi connectivity index (χ0) is 50.0.